The standard InChI is InChI=1S/C18H16N2S/c1-11-6-2-4-8-13(11)16-15-10-12-7-3-5-9-14(12)17(15)20-18(21)19-16/h2-9,16H,10H2,1H3,(H2,19,20,21). The molecule has 0 bridgehead atoms. The second kappa shape index (κ2) is 4.71. The normalized spacial score (nSPS) is 19.7. The van der Waals surface area contributed by atoms with E-state index in [-0.39, 0.29) is 6.04 Å². The lowest BCUT2D eigenvalue weighted by Crippen LogP contribution is -2.42. The lowest BCUT2D eigenvalue weighted by atomic mass is 9.92. The summed E-state index contributed by atoms with van der Waals surface area (Å²) >= 11 is 5.42. The molecule has 2 N–H and O–H groups in total. The van der Waals surface area contributed by atoms with Crippen LogP contribution in [-0.2, 0) is 6.42 Å². The van der Waals surface area contributed by atoms with E-state index in [1.54, 1.807) is 0 Å². The van der Waals surface area contributed by atoms with Crippen molar-refractivity contribution in [3.8, 4) is 0 Å². The zero-order chi connectivity index (χ0) is 14.4. The fourth-order valence-corrected chi connectivity index (χ4v) is 3.54. The molecule has 0 spiro atoms. The molecule has 2 aliphatic rings. The Morgan fingerprint density at radius 3 is 2.67 bits per heavy atom. The van der Waals surface area contributed by atoms with Gasteiger partial charge >= 0.3 is 0 Å². The lowest BCUT2D eigenvalue weighted by Gasteiger charge is -2.30. The van der Waals surface area contributed by atoms with Crippen molar-refractivity contribution >= 4 is 23.0 Å². The summed E-state index contributed by atoms with van der Waals surface area (Å²) in [6, 6.07) is 17.3. The minimum Gasteiger partial charge on any atom is -0.352 e. The number of hydrogen-bond donors (Lipinski definition) is 2. The van der Waals surface area contributed by atoms with Crippen LogP contribution in [0.15, 0.2) is 54.1 Å². The van der Waals surface area contributed by atoms with Crippen LogP contribution in [-0.4, -0.2) is 5.11 Å². The van der Waals surface area contributed by atoms with E-state index in [0.717, 1.165) is 6.42 Å². The van der Waals surface area contributed by atoms with Crippen LogP contribution in [0.1, 0.15) is 28.3 Å². The van der Waals surface area contributed by atoms with Gasteiger partial charge in [0.25, 0.3) is 0 Å². The molecule has 104 valence electrons. The van der Waals surface area contributed by atoms with E-state index < -0.39 is 0 Å². The van der Waals surface area contributed by atoms with Gasteiger partial charge in [-0.15, -0.1) is 0 Å². The van der Waals surface area contributed by atoms with Crippen LogP contribution in [0.3, 0.4) is 0 Å². The van der Waals surface area contributed by atoms with Gasteiger partial charge in [0.05, 0.1) is 6.04 Å². The van der Waals surface area contributed by atoms with Gasteiger partial charge in [-0.05, 0) is 47.8 Å². The molecular weight excluding hydrogens is 276 g/mol. The Bertz CT molecular complexity index is 776. The maximum absolute atomic E-state index is 5.42. The molecular formula is C18H16N2S. The van der Waals surface area contributed by atoms with E-state index in [1.807, 2.05) is 0 Å². The van der Waals surface area contributed by atoms with Crippen LogP contribution in [0.25, 0.3) is 5.70 Å². The SMILES string of the molecule is Cc1ccccc1C1NC(=S)NC2=C1Cc1ccccc12. The zero-order valence-corrected chi connectivity index (χ0v) is 12.6. The molecule has 21 heavy (non-hydrogen) atoms. The molecule has 0 saturated heterocycles. The van der Waals surface area contributed by atoms with Gasteiger partial charge in [0.15, 0.2) is 5.11 Å². The van der Waals surface area contributed by atoms with E-state index >= 15 is 0 Å². The molecule has 4 rings (SSSR count). The average Bonchev–Trinajstić information content (AvgIpc) is 2.86. The molecule has 3 heteroatoms. The first-order chi connectivity index (χ1) is 10.2. The number of fused-ring (bicyclic) bond motifs is 2. The highest BCUT2D eigenvalue weighted by atomic mass is 32.1. The second-order valence-electron chi connectivity index (χ2n) is 5.62. The summed E-state index contributed by atoms with van der Waals surface area (Å²) in [5.41, 5.74) is 7.85. The third-order valence-corrected chi connectivity index (χ3v) is 4.57. The lowest BCUT2D eigenvalue weighted by molar-refractivity contribution is 0.703. The fraction of sp³-hybridized carbons (Fsp3) is 0.167. The summed E-state index contributed by atoms with van der Waals surface area (Å²) in [5.74, 6) is 0. The van der Waals surface area contributed by atoms with Crippen LogP contribution in [0.2, 0.25) is 0 Å². The average molecular weight is 292 g/mol. The first kappa shape index (κ1) is 12.6. The van der Waals surface area contributed by atoms with Gasteiger partial charge in [-0.2, -0.15) is 0 Å². The smallest absolute Gasteiger partial charge is 0.171 e. The van der Waals surface area contributed by atoms with E-state index in [2.05, 4.69) is 66.1 Å². The summed E-state index contributed by atoms with van der Waals surface area (Å²) in [5, 5.41) is 7.50. The molecule has 1 unspecified atom stereocenters. The van der Waals surface area contributed by atoms with Gasteiger partial charge in [0.2, 0.25) is 0 Å². The Morgan fingerprint density at radius 1 is 1.05 bits per heavy atom. The largest absolute Gasteiger partial charge is 0.352 e. The van der Waals surface area contributed by atoms with E-state index in [1.165, 1.54) is 33.5 Å². The summed E-state index contributed by atoms with van der Waals surface area (Å²) in [4.78, 5) is 0. The monoisotopic (exact) mass is 292 g/mol. The quantitative estimate of drug-likeness (QED) is 0.787. The molecule has 0 fully saturated rings. The molecule has 2 aromatic carbocycles. The molecule has 0 saturated carbocycles. The Hall–Kier alpha value is -2.13. The topological polar surface area (TPSA) is 24.1 Å². The Morgan fingerprint density at radius 2 is 1.81 bits per heavy atom. The maximum Gasteiger partial charge on any atom is 0.171 e. The molecule has 1 heterocycles. The van der Waals surface area contributed by atoms with Crippen molar-refractivity contribution in [2.75, 3.05) is 0 Å². The van der Waals surface area contributed by atoms with Crippen molar-refractivity contribution in [3.05, 3.63) is 76.4 Å². The first-order valence-corrected chi connectivity index (χ1v) is 7.59. The highest BCUT2D eigenvalue weighted by Gasteiger charge is 2.32. The van der Waals surface area contributed by atoms with Crippen molar-refractivity contribution in [2.45, 2.75) is 19.4 Å². The number of benzene rings is 2. The summed E-state index contributed by atoms with van der Waals surface area (Å²) in [7, 11) is 0. The highest BCUT2D eigenvalue weighted by molar-refractivity contribution is 7.80. The van der Waals surface area contributed by atoms with E-state index in [4.69, 9.17) is 12.2 Å². The van der Waals surface area contributed by atoms with Gasteiger partial charge in [-0.25, -0.2) is 0 Å². The van der Waals surface area contributed by atoms with Crippen molar-refractivity contribution in [1.82, 2.24) is 10.6 Å². The molecule has 1 atom stereocenters. The maximum atomic E-state index is 5.42. The Kier molecular flexibility index (Phi) is 2.82. The number of thiocarbonyl (C=S) groups is 1. The first-order valence-electron chi connectivity index (χ1n) is 7.18. The fourth-order valence-electron chi connectivity index (χ4n) is 3.32. The van der Waals surface area contributed by atoms with Crippen molar-refractivity contribution < 1.29 is 0 Å². The van der Waals surface area contributed by atoms with Crippen LogP contribution in [0, 0.1) is 6.92 Å². The highest BCUT2D eigenvalue weighted by Crippen LogP contribution is 2.40. The van der Waals surface area contributed by atoms with Crippen molar-refractivity contribution in [3.63, 3.8) is 0 Å². The molecule has 0 aromatic heterocycles. The van der Waals surface area contributed by atoms with Crippen LogP contribution in [0.5, 0.6) is 0 Å². The Balaban J connectivity index is 1.86. The summed E-state index contributed by atoms with van der Waals surface area (Å²) < 4.78 is 0. The number of hydrogen-bond acceptors (Lipinski definition) is 1. The zero-order valence-electron chi connectivity index (χ0n) is 11.8. The second-order valence-corrected chi connectivity index (χ2v) is 6.03. The van der Waals surface area contributed by atoms with Gasteiger partial charge in [0, 0.05) is 11.3 Å². The molecule has 2 nitrogen and oxygen atoms in total. The van der Waals surface area contributed by atoms with Crippen molar-refractivity contribution in [1.29, 1.82) is 0 Å². The number of rotatable bonds is 1. The van der Waals surface area contributed by atoms with Gasteiger partial charge in [-0.1, -0.05) is 48.5 Å². The molecule has 1 aliphatic heterocycles. The third-order valence-electron chi connectivity index (χ3n) is 4.35. The van der Waals surface area contributed by atoms with Crippen LogP contribution >= 0.6 is 12.2 Å². The van der Waals surface area contributed by atoms with Crippen LogP contribution in [0.4, 0.5) is 0 Å². The minimum atomic E-state index is 0.169. The van der Waals surface area contributed by atoms with Crippen molar-refractivity contribution in [2.24, 2.45) is 0 Å². The summed E-state index contributed by atoms with van der Waals surface area (Å²) in [6.45, 7) is 2.16. The van der Waals surface area contributed by atoms with Gasteiger partial charge in [-0.3, -0.25) is 0 Å². The molecule has 2 aromatic rings. The number of nitrogens with one attached hydrogen (secondary N) is 2. The predicted octanol–water partition coefficient (Wildman–Crippen LogP) is 3.48. The predicted molar refractivity (Wildman–Crippen MR) is 89.9 cm³/mol. The molecule has 0 radical (unpaired) electrons. The Labute approximate surface area is 129 Å². The molecule has 0 amide bonds. The minimum absolute atomic E-state index is 0.169. The summed E-state index contributed by atoms with van der Waals surface area (Å²) in [6.07, 6.45) is 0.979. The van der Waals surface area contributed by atoms with Gasteiger partial charge < -0.3 is 10.6 Å². The van der Waals surface area contributed by atoms with Crippen LogP contribution < -0.4 is 10.6 Å². The van der Waals surface area contributed by atoms with E-state index in [9.17, 15) is 0 Å². The van der Waals surface area contributed by atoms with E-state index in [0.29, 0.717) is 5.11 Å². The third kappa shape index (κ3) is 1.96. The number of aryl methyl sites for hydroxylation is 1. The van der Waals surface area contributed by atoms with Gasteiger partial charge in [0.1, 0.15) is 0 Å². The molecule has 1 aliphatic carbocycles.